The quantitative estimate of drug-likeness (QED) is 0.666. The summed E-state index contributed by atoms with van der Waals surface area (Å²) >= 11 is 3.55. The maximum Gasteiger partial charge on any atom is 0.364 e. The fourth-order valence-corrected chi connectivity index (χ4v) is 4.03. The van der Waals surface area contributed by atoms with E-state index in [0.29, 0.717) is 6.42 Å². The molecule has 0 spiro atoms. The van der Waals surface area contributed by atoms with Gasteiger partial charge in [-0.05, 0) is 23.8 Å². The number of aromatic amines is 1. The van der Waals surface area contributed by atoms with E-state index in [0.717, 1.165) is 15.6 Å². The van der Waals surface area contributed by atoms with Crippen molar-refractivity contribution in [2.75, 3.05) is 7.11 Å². The van der Waals surface area contributed by atoms with E-state index in [9.17, 15) is 4.79 Å². The molecule has 0 saturated carbocycles. The molecule has 4 nitrogen and oxygen atoms in total. The minimum atomic E-state index is -0.231. The summed E-state index contributed by atoms with van der Waals surface area (Å²) in [5.74, 6) is -0.175. The molecule has 122 valence electrons. The van der Waals surface area contributed by atoms with E-state index in [2.05, 4.69) is 50.5 Å². The van der Waals surface area contributed by atoms with Crippen LogP contribution in [0.25, 0.3) is 10.9 Å². The molecule has 2 heterocycles. The topological polar surface area (TPSA) is 58.7 Å². The number of quaternary nitrogens is 1. The molecule has 0 radical (unpaired) electrons. The molecule has 1 aliphatic heterocycles. The van der Waals surface area contributed by atoms with Gasteiger partial charge in [0.15, 0.2) is 12.1 Å². The van der Waals surface area contributed by atoms with Crippen LogP contribution in [0, 0.1) is 0 Å². The number of hydrogen-bond acceptors (Lipinski definition) is 2. The molecule has 0 unspecified atom stereocenters. The van der Waals surface area contributed by atoms with Gasteiger partial charge in [0.1, 0.15) is 0 Å². The molecule has 24 heavy (non-hydrogen) atoms. The van der Waals surface area contributed by atoms with Crippen LogP contribution in [-0.2, 0) is 16.0 Å². The number of esters is 1. The Morgan fingerprint density at radius 1 is 1.25 bits per heavy atom. The van der Waals surface area contributed by atoms with E-state index in [1.807, 2.05) is 24.3 Å². The van der Waals surface area contributed by atoms with Crippen LogP contribution in [0.2, 0.25) is 0 Å². The molecule has 3 N–H and O–H groups in total. The van der Waals surface area contributed by atoms with Crippen molar-refractivity contribution in [3.8, 4) is 0 Å². The van der Waals surface area contributed by atoms with Crippen molar-refractivity contribution in [1.82, 2.24) is 4.98 Å². The van der Waals surface area contributed by atoms with E-state index >= 15 is 0 Å². The Balaban J connectivity index is 1.88. The summed E-state index contributed by atoms with van der Waals surface area (Å²) < 4.78 is 6.05. The van der Waals surface area contributed by atoms with Crippen LogP contribution >= 0.6 is 15.9 Å². The molecule has 0 bridgehead atoms. The minimum Gasteiger partial charge on any atom is -0.465 e. The molecule has 0 fully saturated rings. The number of ether oxygens (including phenoxy) is 1. The van der Waals surface area contributed by atoms with E-state index in [1.165, 1.54) is 23.8 Å². The molecule has 0 saturated heterocycles. The average Bonchev–Trinajstić information content (AvgIpc) is 2.99. The molecule has 0 amide bonds. The van der Waals surface area contributed by atoms with Gasteiger partial charge in [0.25, 0.3) is 0 Å². The van der Waals surface area contributed by atoms with Gasteiger partial charge in [0.05, 0.1) is 12.8 Å². The molecule has 0 aliphatic carbocycles. The number of aromatic nitrogens is 1. The van der Waals surface area contributed by atoms with E-state index < -0.39 is 0 Å². The molecule has 2 atom stereocenters. The van der Waals surface area contributed by atoms with Crippen molar-refractivity contribution in [2.24, 2.45) is 0 Å². The normalized spacial score (nSPS) is 19.9. The maximum atomic E-state index is 12.2. The fourth-order valence-electron chi connectivity index (χ4n) is 3.61. The third-order valence-electron chi connectivity index (χ3n) is 4.72. The van der Waals surface area contributed by atoms with Crippen molar-refractivity contribution in [3.05, 3.63) is 69.8 Å². The van der Waals surface area contributed by atoms with Crippen LogP contribution in [-0.4, -0.2) is 24.1 Å². The number of methoxy groups -OCH3 is 1. The summed E-state index contributed by atoms with van der Waals surface area (Å²) in [4.78, 5) is 15.8. The lowest BCUT2D eigenvalue weighted by molar-refractivity contribution is -0.712. The van der Waals surface area contributed by atoms with Gasteiger partial charge < -0.3 is 15.0 Å². The van der Waals surface area contributed by atoms with Crippen LogP contribution < -0.4 is 5.32 Å². The largest absolute Gasteiger partial charge is 0.465 e. The minimum absolute atomic E-state index is 0.0442. The molecule has 1 aromatic heterocycles. The summed E-state index contributed by atoms with van der Waals surface area (Å²) in [6.07, 6.45) is 0.677. The number of nitrogens with one attached hydrogen (secondary N) is 1. The molecular formula is C19H18BrN2O2+. The van der Waals surface area contributed by atoms with Crippen LogP contribution in [0.15, 0.2) is 53.0 Å². The Bertz CT molecular complexity index is 919. The Hall–Kier alpha value is -2.11. The highest BCUT2D eigenvalue weighted by atomic mass is 79.9. The first kappa shape index (κ1) is 15.4. The number of carbonyl (C=O) groups excluding carboxylic acids is 1. The smallest absolute Gasteiger partial charge is 0.364 e. The number of hydrogen-bond donors (Lipinski definition) is 2. The van der Waals surface area contributed by atoms with E-state index in [-0.39, 0.29) is 18.1 Å². The van der Waals surface area contributed by atoms with Crippen LogP contribution in [0.4, 0.5) is 0 Å². The molecular weight excluding hydrogens is 368 g/mol. The lowest BCUT2D eigenvalue weighted by Crippen LogP contribution is -2.94. The van der Waals surface area contributed by atoms with Gasteiger partial charge in [-0.2, -0.15) is 0 Å². The standard InChI is InChI=1S/C19H17BrN2O2/c1-24-19(23)16-10-14-13-7-2-3-8-15(13)21-18(14)17(22-16)11-5-4-6-12(20)9-11/h2-9,16-17,21-22H,10H2,1H3/p+1/t16-,17+/m0/s1. The highest BCUT2D eigenvalue weighted by Gasteiger charge is 2.38. The lowest BCUT2D eigenvalue weighted by atomic mass is 9.90. The van der Waals surface area contributed by atoms with Crippen LogP contribution in [0.1, 0.15) is 22.9 Å². The van der Waals surface area contributed by atoms with Crippen molar-refractivity contribution < 1.29 is 14.8 Å². The monoisotopic (exact) mass is 385 g/mol. The van der Waals surface area contributed by atoms with Gasteiger partial charge in [0, 0.05) is 27.4 Å². The number of rotatable bonds is 2. The molecule has 3 aromatic rings. The number of halogens is 1. The van der Waals surface area contributed by atoms with Crippen LogP contribution in [0.3, 0.4) is 0 Å². The summed E-state index contributed by atoms with van der Waals surface area (Å²) in [6.45, 7) is 0. The first-order chi connectivity index (χ1) is 11.7. The third-order valence-corrected chi connectivity index (χ3v) is 5.21. The number of benzene rings is 2. The van der Waals surface area contributed by atoms with Gasteiger partial charge in [-0.25, -0.2) is 4.79 Å². The van der Waals surface area contributed by atoms with Gasteiger partial charge in [-0.3, -0.25) is 0 Å². The lowest BCUT2D eigenvalue weighted by Gasteiger charge is -2.27. The van der Waals surface area contributed by atoms with Crippen molar-refractivity contribution in [1.29, 1.82) is 0 Å². The number of carbonyl (C=O) groups is 1. The Morgan fingerprint density at radius 2 is 2.08 bits per heavy atom. The maximum absolute atomic E-state index is 12.2. The van der Waals surface area contributed by atoms with Crippen LogP contribution in [0.5, 0.6) is 0 Å². The predicted octanol–water partition coefficient (Wildman–Crippen LogP) is 2.68. The van der Waals surface area contributed by atoms with E-state index in [1.54, 1.807) is 0 Å². The highest BCUT2D eigenvalue weighted by Crippen LogP contribution is 2.32. The Kier molecular flexibility index (Phi) is 3.90. The summed E-state index contributed by atoms with van der Waals surface area (Å²) in [5, 5.41) is 3.29. The summed E-state index contributed by atoms with van der Waals surface area (Å²) in [7, 11) is 1.45. The second-order valence-corrected chi connectivity index (χ2v) is 7.04. The van der Waals surface area contributed by atoms with E-state index in [4.69, 9.17) is 4.74 Å². The van der Waals surface area contributed by atoms with Crippen molar-refractivity contribution >= 4 is 32.8 Å². The first-order valence-corrected chi connectivity index (χ1v) is 8.74. The van der Waals surface area contributed by atoms with Gasteiger partial charge in [-0.15, -0.1) is 0 Å². The molecule has 4 rings (SSSR count). The first-order valence-electron chi connectivity index (χ1n) is 7.95. The summed E-state index contributed by atoms with van der Waals surface area (Å²) in [5.41, 5.74) is 4.66. The number of fused-ring (bicyclic) bond motifs is 3. The number of H-pyrrole nitrogens is 1. The molecule has 2 aromatic carbocycles. The second-order valence-electron chi connectivity index (χ2n) is 6.12. The SMILES string of the molecule is COC(=O)[C@@H]1Cc2c([nH]c3ccccc23)[C@@H](c2cccc(Br)c2)[NH2+]1. The Labute approximate surface area is 148 Å². The van der Waals surface area contributed by atoms with Gasteiger partial charge >= 0.3 is 5.97 Å². The van der Waals surface area contributed by atoms with Crippen molar-refractivity contribution in [2.45, 2.75) is 18.5 Å². The zero-order valence-corrected chi connectivity index (χ0v) is 14.8. The molecule has 5 heteroatoms. The third kappa shape index (κ3) is 2.54. The summed E-state index contributed by atoms with van der Waals surface area (Å²) in [6, 6.07) is 16.3. The number of para-hydroxylation sites is 1. The van der Waals surface area contributed by atoms with Gasteiger partial charge in [-0.1, -0.05) is 46.3 Å². The Morgan fingerprint density at radius 3 is 2.88 bits per heavy atom. The number of nitrogens with two attached hydrogens (primary N) is 1. The van der Waals surface area contributed by atoms with Gasteiger partial charge in [0.2, 0.25) is 0 Å². The fraction of sp³-hybridized carbons (Fsp3) is 0.211. The van der Waals surface area contributed by atoms with Crippen molar-refractivity contribution in [3.63, 3.8) is 0 Å². The zero-order valence-electron chi connectivity index (χ0n) is 13.3. The second kappa shape index (κ2) is 6.07. The average molecular weight is 386 g/mol. The predicted molar refractivity (Wildman–Crippen MR) is 95.7 cm³/mol. The molecule has 1 aliphatic rings. The zero-order chi connectivity index (χ0) is 16.7. The highest BCUT2D eigenvalue weighted by molar-refractivity contribution is 9.10.